The van der Waals surface area contributed by atoms with Gasteiger partial charge >= 0.3 is 0 Å². The highest BCUT2D eigenvalue weighted by Gasteiger charge is 2.18. The van der Waals surface area contributed by atoms with Gasteiger partial charge in [-0.15, -0.1) is 12.3 Å². The highest BCUT2D eigenvalue weighted by molar-refractivity contribution is 5.82. The van der Waals surface area contributed by atoms with Gasteiger partial charge in [-0.3, -0.25) is 4.79 Å². The van der Waals surface area contributed by atoms with Gasteiger partial charge in [0.2, 0.25) is 5.91 Å². The van der Waals surface area contributed by atoms with Gasteiger partial charge in [0.25, 0.3) is 0 Å². The van der Waals surface area contributed by atoms with E-state index in [9.17, 15) is 4.79 Å². The van der Waals surface area contributed by atoms with Crippen LogP contribution in [0.3, 0.4) is 0 Å². The molecule has 0 aliphatic heterocycles. The van der Waals surface area contributed by atoms with Crippen molar-refractivity contribution in [3.05, 3.63) is 23.2 Å². The molecule has 1 aromatic heterocycles. The molecule has 0 aliphatic carbocycles. The third-order valence-corrected chi connectivity index (χ3v) is 2.58. The summed E-state index contributed by atoms with van der Waals surface area (Å²) in [6.45, 7) is 5.62. The quantitative estimate of drug-likeness (QED) is 0.774. The second-order valence-electron chi connectivity index (χ2n) is 4.11. The third-order valence-electron chi connectivity index (χ3n) is 2.58. The Kier molecular flexibility index (Phi) is 4.36. The molecule has 0 saturated carbocycles. The van der Waals surface area contributed by atoms with Gasteiger partial charge in [0.05, 0.1) is 12.1 Å². The van der Waals surface area contributed by atoms with Crippen LogP contribution in [-0.4, -0.2) is 11.9 Å². The van der Waals surface area contributed by atoms with Gasteiger partial charge in [0.15, 0.2) is 0 Å². The minimum absolute atomic E-state index is 0.135. The van der Waals surface area contributed by atoms with E-state index in [4.69, 9.17) is 16.6 Å². The van der Waals surface area contributed by atoms with Crippen molar-refractivity contribution in [2.45, 2.75) is 39.3 Å². The zero-order valence-corrected chi connectivity index (χ0v) is 10.4. The van der Waals surface area contributed by atoms with Crippen molar-refractivity contribution >= 4 is 5.91 Å². The second kappa shape index (κ2) is 5.55. The zero-order valence-electron chi connectivity index (χ0n) is 10.4. The lowest BCUT2D eigenvalue weighted by molar-refractivity contribution is -0.122. The van der Waals surface area contributed by atoms with Gasteiger partial charge in [-0.2, -0.15) is 0 Å². The van der Waals surface area contributed by atoms with Crippen molar-refractivity contribution in [2.24, 2.45) is 5.73 Å². The number of hydrogen-bond donors (Lipinski definition) is 2. The summed E-state index contributed by atoms with van der Waals surface area (Å²) < 4.78 is 5.41. The van der Waals surface area contributed by atoms with Gasteiger partial charge < -0.3 is 15.5 Å². The van der Waals surface area contributed by atoms with E-state index in [0.717, 1.165) is 17.1 Å². The molecule has 0 bridgehead atoms. The molecule has 2 atom stereocenters. The lowest BCUT2D eigenvalue weighted by Gasteiger charge is -2.15. The largest absolute Gasteiger partial charge is 0.466 e. The first-order valence-corrected chi connectivity index (χ1v) is 5.52. The van der Waals surface area contributed by atoms with Crippen molar-refractivity contribution in [1.82, 2.24) is 5.32 Å². The van der Waals surface area contributed by atoms with Crippen LogP contribution in [0.4, 0.5) is 0 Å². The number of rotatable bonds is 4. The summed E-state index contributed by atoms with van der Waals surface area (Å²) in [6, 6.07) is 1.12. The molecule has 1 amide bonds. The highest BCUT2D eigenvalue weighted by atomic mass is 16.3. The normalized spacial score (nSPS) is 13.8. The number of carbonyl (C=O) groups is 1. The summed E-state index contributed by atoms with van der Waals surface area (Å²) >= 11 is 0. The fourth-order valence-corrected chi connectivity index (χ4v) is 1.70. The second-order valence-corrected chi connectivity index (χ2v) is 4.11. The zero-order chi connectivity index (χ0) is 13.0. The molecule has 0 radical (unpaired) electrons. The molecule has 0 fully saturated rings. The van der Waals surface area contributed by atoms with Crippen molar-refractivity contribution in [2.75, 3.05) is 0 Å². The molecule has 3 N–H and O–H groups in total. The molecular weight excluding hydrogens is 216 g/mol. The predicted molar refractivity (Wildman–Crippen MR) is 66.2 cm³/mol. The first-order valence-electron chi connectivity index (χ1n) is 5.52. The Labute approximate surface area is 102 Å². The minimum Gasteiger partial charge on any atom is -0.466 e. The first-order chi connectivity index (χ1) is 7.95. The van der Waals surface area contributed by atoms with Gasteiger partial charge in [-0.1, -0.05) is 0 Å². The van der Waals surface area contributed by atoms with Gasteiger partial charge in [0.1, 0.15) is 11.5 Å². The van der Waals surface area contributed by atoms with Crippen LogP contribution < -0.4 is 11.1 Å². The van der Waals surface area contributed by atoms with Gasteiger partial charge in [-0.25, -0.2) is 0 Å². The number of aryl methyl sites for hydroxylation is 2. The number of nitrogens with one attached hydrogen (secondary N) is 1. The Balaban J connectivity index is 2.67. The van der Waals surface area contributed by atoms with E-state index in [1.54, 1.807) is 0 Å². The molecule has 0 spiro atoms. The average Bonchev–Trinajstić information content (AvgIpc) is 2.58. The molecular formula is C13H18N2O2. The van der Waals surface area contributed by atoms with E-state index in [0.29, 0.717) is 0 Å². The average molecular weight is 234 g/mol. The number of hydrogen-bond acceptors (Lipinski definition) is 3. The molecule has 0 aromatic carbocycles. The Morgan fingerprint density at radius 2 is 2.29 bits per heavy atom. The van der Waals surface area contributed by atoms with Crippen molar-refractivity contribution in [3.8, 4) is 12.3 Å². The van der Waals surface area contributed by atoms with E-state index in [1.165, 1.54) is 0 Å². The number of carbonyl (C=O) groups excluding carboxylic acids is 1. The number of furan rings is 1. The Morgan fingerprint density at radius 1 is 1.65 bits per heavy atom. The summed E-state index contributed by atoms with van der Waals surface area (Å²) in [5, 5.41) is 2.82. The maximum absolute atomic E-state index is 11.7. The van der Waals surface area contributed by atoms with Crippen LogP contribution in [0.5, 0.6) is 0 Å². The van der Waals surface area contributed by atoms with Crippen molar-refractivity contribution < 1.29 is 9.21 Å². The van der Waals surface area contributed by atoms with Crippen LogP contribution in [0.2, 0.25) is 0 Å². The summed E-state index contributed by atoms with van der Waals surface area (Å²) in [5.74, 6) is 3.76. The number of amides is 1. The molecule has 4 heteroatoms. The lowest BCUT2D eigenvalue weighted by atomic mass is 10.1. The van der Waals surface area contributed by atoms with Crippen LogP contribution in [-0.2, 0) is 4.79 Å². The van der Waals surface area contributed by atoms with Crippen molar-refractivity contribution in [1.29, 1.82) is 0 Å². The van der Waals surface area contributed by atoms with Crippen LogP contribution in [0.15, 0.2) is 10.5 Å². The summed E-state index contributed by atoms with van der Waals surface area (Å²) in [5.41, 5.74) is 6.58. The summed E-state index contributed by atoms with van der Waals surface area (Å²) in [4.78, 5) is 11.7. The molecule has 17 heavy (non-hydrogen) atoms. The highest BCUT2D eigenvalue weighted by Crippen LogP contribution is 2.21. The standard InChI is InChI=1S/C13H18N2O2/c1-5-6-12(14)13(16)15-9(3)11-7-8(2)17-10(11)4/h1,7,9,12H,6,14H2,2-4H3,(H,15,16). The van der Waals surface area contributed by atoms with Crippen LogP contribution in [0.1, 0.15) is 36.5 Å². The van der Waals surface area contributed by atoms with E-state index in [-0.39, 0.29) is 18.4 Å². The fraction of sp³-hybridized carbons (Fsp3) is 0.462. The SMILES string of the molecule is C#CCC(N)C(=O)NC(C)c1cc(C)oc1C. The fourth-order valence-electron chi connectivity index (χ4n) is 1.70. The van der Waals surface area contributed by atoms with E-state index >= 15 is 0 Å². The van der Waals surface area contributed by atoms with E-state index in [1.807, 2.05) is 26.8 Å². The predicted octanol–water partition coefficient (Wildman–Crippen LogP) is 1.42. The number of terminal acetylenes is 1. The lowest BCUT2D eigenvalue weighted by Crippen LogP contribution is -2.41. The summed E-state index contributed by atoms with van der Waals surface area (Å²) in [7, 11) is 0. The Bertz CT molecular complexity index is 443. The minimum atomic E-state index is -0.657. The molecule has 1 aromatic rings. The number of nitrogens with two attached hydrogens (primary N) is 1. The maximum atomic E-state index is 11.7. The maximum Gasteiger partial charge on any atom is 0.238 e. The summed E-state index contributed by atoms with van der Waals surface area (Å²) in [6.07, 6.45) is 5.35. The smallest absolute Gasteiger partial charge is 0.238 e. The first kappa shape index (κ1) is 13.3. The van der Waals surface area contributed by atoms with Crippen LogP contribution in [0, 0.1) is 26.2 Å². The molecule has 4 nitrogen and oxygen atoms in total. The van der Waals surface area contributed by atoms with Gasteiger partial charge in [0, 0.05) is 12.0 Å². The molecule has 1 heterocycles. The monoisotopic (exact) mass is 234 g/mol. The molecule has 1 rings (SSSR count). The van der Waals surface area contributed by atoms with E-state index in [2.05, 4.69) is 11.2 Å². The Hall–Kier alpha value is -1.73. The molecule has 2 unspecified atom stereocenters. The third kappa shape index (κ3) is 3.36. The van der Waals surface area contributed by atoms with Crippen molar-refractivity contribution in [3.63, 3.8) is 0 Å². The molecule has 0 saturated heterocycles. The topological polar surface area (TPSA) is 68.3 Å². The van der Waals surface area contributed by atoms with Crippen LogP contribution >= 0.6 is 0 Å². The Morgan fingerprint density at radius 3 is 2.76 bits per heavy atom. The molecule has 92 valence electrons. The van der Waals surface area contributed by atoms with Crippen LogP contribution in [0.25, 0.3) is 0 Å². The molecule has 0 aliphatic rings. The van der Waals surface area contributed by atoms with E-state index < -0.39 is 6.04 Å². The van der Waals surface area contributed by atoms with Gasteiger partial charge in [-0.05, 0) is 26.8 Å².